The van der Waals surface area contributed by atoms with E-state index in [9.17, 15) is 4.79 Å². The molecule has 0 radical (unpaired) electrons. The molecule has 0 spiro atoms. The second-order valence-electron chi connectivity index (χ2n) is 9.31. The summed E-state index contributed by atoms with van der Waals surface area (Å²) in [6, 6.07) is 8.08. The first-order valence-electron chi connectivity index (χ1n) is 12.0. The molecule has 0 N–H and O–H groups in total. The predicted octanol–water partition coefficient (Wildman–Crippen LogP) is 3.91. The lowest BCUT2D eigenvalue weighted by Crippen LogP contribution is -2.49. The standard InChI is InChI=1S/C25H28N6O2S2/c1-16-3-8-19-20(13-16)35-24-22(19)23-27-28-25(31(23)15-26-24)34-14-21(32)30-11-9-29(10-12-30)17-4-6-18(33-2)7-5-17/h4-7,15-16H,3,8-14H2,1-2H3/t16-/m0/s1. The Kier molecular flexibility index (Phi) is 6.01. The Labute approximate surface area is 212 Å². The van der Waals surface area contributed by atoms with Gasteiger partial charge in [-0.15, -0.1) is 21.5 Å². The maximum Gasteiger partial charge on any atom is 0.233 e. The molecule has 0 unspecified atom stereocenters. The smallest absolute Gasteiger partial charge is 0.233 e. The number of benzene rings is 1. The van der Waals surface area contributed by atoms with E-state index in [1.54, 1.807) is 18.4 Å². The predicted molar refractivity (Wildman–Crippen MR) is 140 cm³/mol. The molecule has 1 atom stereocenters. The average Bonchev–Trinajstić information content (AvgIpc) is 3.47. The van der Waals surface area contributed by atoms with E-state index in [0.717, 1.165) is 64.3 Å². The number of ether oxygens (including phenoxy) is 1. The second-order valence-corrected chi connectivity index (χ2v) is 11.3. The first-order chi connectivity index (χ1) is 17.1. The van der Waals surface area contributed by atoms with Crippen LogP contribution >= 0.6 is 23.1 Å². The number of fused-ring (bicyclic) bond motifs is 5. The first kappa shape index (κ1) is 22.6. The molecule has 10 heteroatoms. The fourth-order valence-corrected chi connectivity index (χ4v) is 7.19. The van der Waals surface area contributed by atoms with Crippen molar-refractivity contribution < 1.29 is 9.53 Å². The summed E-state index contributed by atoms with van der Waals surface area (Å²) in [5.74, 6) is 2.06. The molecule has 3 aromatic heterocycles. The van der Waals surface area contributed by atoms with Crippen molar-refractivity contribution in [3.8, 4) is 5.75 Å². The number of carbonyl (C=O) groups is 1. The van der Waals surface area contributed by atoms with E-state index < -0.39 is 0 Å². The van der Waals surface area contributed by atoms with Gasteiger partial charge in [0.15, 0.2) is 10.8 Å². The lowest BCUT2D eigenvalue weighted by Gasteiger charge is -2.36. The highest BCUT2D eigenvalue weighted by molar-refractivity contribution is 7.99. The normalized spacial score (nSPS) is 18.3. The number of anilines is 1. The molecule has 35 heavy (non-hydrogen) atoms. The van der Waals surface area contributed by atoms with Crippen molar-refractivity contribution in [3.05, 3.63) is 41.0 Å². The van der Waals surface area contributed by atoms with E-state index in [4.69, 9.17) is 9.72 Å². The van der Waals surface area contributed by atoms with Crippen LogP contribution in [-0.2, 0) is 17.6 Å². The monoisotopic (exact) mass is 508 g/mol. The molecular weight excluding hydrogens is 480 g/mol. The number of rotatable bonds is 5. The lowest BCUT2D eigenvalue weighted by atomic mass is 9.89. The Bertz CT molecular complexity index is 1370. The Morgan fingerprint density at radius 2 is 1.97 bits per heavy atom. The first-order valence-corrected chi connectivity index (χ1v) is 13.8. The molecule has 4 aromatic rings. The van der Waals surface area contributed by atoms with Crippen LogP contribution in [0.4, 0.5) is 5.69 Å². The van der Waals surface area contributed by atoms with Gasteiger partial charge in [0.2, 0.25) is 5.91 Å². The molecule has 2 aliphatic rings. The van der Waals surface area contributed by atoms with Crippen molar-refractivity contribution in [1.82, 2.24) is 24.5 Å². The number of hydrogen-bond acceptors (Lipinski definition) is 8. The van der Waals surface area contributed by atoms with Crippen LogP contribution in [0.15, 0.2) is 35.7 Å². The largest absolute Gasteiger partial charge is 0.497 e. The molecule has 0 saturated carbocycles. The molecule has 0 bridgehead atoms. The van der Waals surface area contributed by atoms with Gasteiger partial charge in [-0.1, -0.05) is 18.7 Å². The minimum absolute atomic E-state index is 0.136. The van der Waals surface area contributed by atoms with Crippen molar-refractivity contribution in [2.24, 2.45) is 5.92 Å². The quantitative estimate of drug-likeness (QED) is 0.378. The summed E-state index contributed by atoms with van der Waals surface area (Å²) in [4.78, 5) is 24.4. The minimum Gasteiger partial charge on any atom is -0.497 e. The van der Waals surface area contributed by atoms with E-state index in [-0.39, 0.29) is 5.91 Å². The van der Waals surface area contributed by atoms with Crippen LogP contribution in [0.2, 0.25) is 0 Å². The molecule has 1 amide bonds. The molecule has 182 valence electrons. The van der Waals surface area contributed by atoms with E-state index in [1.807, 2.05) is 27.8 Å². The summed E-state index contributed by atoms with van der Waals surface area (Å²) < 4.78 is 7.20. The van der Waals surface area contributed by atoms with Crippen molar-refractivity contribution >= 4 is 50.6 Å². The minimum atomic E-state index is 0.136. The van der Waals surface area contributed by atoms with Gasteiger partial charge in [0.05, 0.1) is 18.2 Å². The van der Waals surface area contributed by atoms with E-state index in [1.165, 1.54) is 28.6 Å². The summed E-state index contributed by atoms with van der Waals surface area (Å²) in [5, 5.41) is 10.8. The van der Waals surface area contributed by atoms with Gasteiger partial charge in [-0.05, 0) is 55.0 Å². The van der Waals surface area contributed by atoms with Gasteiger partial charge in [-0.3, -0.25) is 9.20 Å². The molecule has 8 nitrogen and oxygen atoms in total. The summed E-state index contributed by atoms with van der Waals surface area (Å²) in [7, 11) is 1.67. The number of methoxy groups -OCH3 is 1. The molecule has 4 heterocycles. The number of aryl methyl sites for hydroxylation is 1. The zero-order valence-corrected chi connectivity index (χ0v) is 21.6. The van der Waals surface area contributed by atoms with Gasteiger partial charge in [-0.2, -0.15) is 0 Å². The van der Waals surface area contributed by atoms with Crippen LogP contribution in [0.5, 0.6) is 5.75 Å². The summed E-state index contributed by atoms with van der Waals surface area (Å²) in [6.07, 6.45) is 5.21. The Balaban J connectivity index is 1.11. The molecule has 1 aliphatic carbocycles. The van der Waals surface area contributed by atoms with Crippen molar-refractivity contribution in [2.45, 2.75) is 31.3 Å². The Morgan fingerprint density at radius 1 is 1.17 bits per heavy atom. The van der Waals surface area contributed by atoms with Crippen molar-refractivity contribution in [1.29, 1.82) is 0 Å². The third kappa shape index (κ3) is 4.23. The van der Waals surface area contributed by atoms with E-state index in [2.05, 4.69) is 34.2 Å². The van der Waals surface area contributed by atoms with Gasteiger partial charge in [0, 0.05) is 36.7 Å². The van der Waals surface area contributed by atoms with Gasteiger partial charge in [-0.25, -0.2) is 4.98 Å². The van der Waals surface area contributed by atoms with Gasteiger partial charge in [0.1, 0.15) is 16.9 Å². The maximum absolute atomic E-state index is 12.9. The van der Waals surface area contributed by atoms with Crippen molar-refractivity contribution in [2.75, 3.05) is 43.9 Å². The van der Waals surface area contributed by atoms with Crippen LogP contribution in [0.1, 0.15) is 23.8 Å². The number of thioether (sulfide) groups is 1. The third-order valence-electron chi connectivity index (χ3n) is 7.07. The van der Waals surface area contributed by atoms with Crippen LogP contribution in [0.3, 0.4) is 0 Å². The van der Waals surface area contributed by atoms with Crippen LogP contribution in [-0.4, -0.2) is 69.4 Å². The van der Waals surface area contributed by atoms with Crippen LogP contribution in [0, 0.1) is 5.92 Å². The van der Waals surface area contributed by atoms with Gasteiger partial charge >= 0.3 is 0 Å². The molecule has 1 aliphatic heterocycles. The highest BCUT2D eigenvalue weighted by Gasteiger charge is 2.25. The Morgan fingerprint density at radius 3 is 2.74 bits per heavy atom. The van der Waals surface area contributed by atoms with E-state index >= 15 is 0 Å². The number of hydrogen-bond donors (Lipinski definition) is 0. The van der Waals surface area contributed by atoms with Crippen molar-refractivity contribution in [3.63, 3.8) is 0 Å². The van der Waals surface area contributed by atoms with Gasteiger partial charge < -0.3 is 14.5 Å². The van der Waals surface area contributed by atoms with Gasteiger partial charge in [0.25, 0.3) is 0 Å². The van der Waals surface area contributed by atoms with Crippen LogP contribution in [0.25, 0.3) is 15.9 Å². The molecule has 1 aromatic carbocycles. The fraction of sp³-hybridized carbons (Fsp3) is 0.440. The summed E-state index contributed by atoms with van der Waals surface area (Å²) in [5.41, 5.74) is 3.42. The lowest BCUT2D eigenvalue weighted by molar-refractivity contribution is -0.128. The SMILES string of the molecule is COc1ccc(N2CCN(C(=O)CSc3nnc4c5c6c(sc5ncn34)C[C@@H](C)CC6)CC2)cc1. The number of thiophene rings is 1. The second kappa shape index (κ2) is 9.31. The highest BCUT2D eigenvalue weighted by Crippen LogP contribution is 2.39. The molecule has 6 rings (SSSR count). The number of piperazine rings is 1. The molecule has 1 fully saturated rings. The summed E-state index contributed by atoms with van der Waals surface area (Å²) >= 11 is 3.24. The maximum atomic E-state index is 12.9. The molecule has 1 saturated heterocycles. The molecular formula is C25H28N6O2S2. The van der Waals surface area contributed by atoms with E-state index in [0.29, 0.717) is 18.8 Å². The number of nitrogens with zero attached hydrogens (tertiary/aromatic N) is 6. The zero-order valence-electron chi connectivity index (χ0n) is 19.9. The fourth-order valence-electron chi connectivity index (χ4n) is 5.04. The summed E-state index contributed by atoms with van der Waals surface area (Å²) in [6.45, 7) is 5.39. The number of carbonyl (C=O) groups excluding carboxylic acids is 1. The number of aromatic nitrogens is 4. The topological polar surface area (TPSA) is 75.9 Å². The number of amides is 1. The average molecular weight is 509 g/mol. The highest BCUT2D eigenvalue weighted by atomic mass is 32.2. The van der Waals surface area contributed by atoms with Crippen LogP contribution < -0.4 is 9.64 Å². The third-order valence-corrected chi connectivity index (χ3v) is 9.16. The Hall–Kier alpha value is -2.85. The zero-order chi connectivity index (χ0) is 23.9.